The Morgan fingerprint density at radius 2 is 2.08 bits per heavy atom. The molecule has 134 valence electrons. The minimum atomic E-state index is -0.959. The maximum Gasteiger partial charge on any atom is 0.272 e. The number of amides is 1. The van der Waals surface area contributed by atoms with Gasteiger partial charge in [-0.2, -0.15) is 0 Å². The number of aromatic amines is 1. The van der Waals surface area contributed by atoms with Gasteiger partial charge in [0.25, 0.3) is 11.5 Å². The van der Waals surface area contributed by atoms with Crippen LogP contribution in [0.25, 0.3) is 0 Å². The van der Waals surface area contributed by atoms with E-state index in [2.05, 4.69) is 9.97 Å². The molecule has 1 heterocycles. The van der Waals surface area contributed by atoms with E-state index in [1.165, 1.54) is 4.90 Å². The highest BCUT2D eigenvalue weighted by atomic mass is 16.5. The van der Waals surface area contributed by atoms with Crippen molar-refractivity contribution in [2.45, 2.75) is 13.0 Å². The second kappa shape index (κ2) is 8.95. The van der Waals surface area contributed by atoms with Gasteiger partial charge in [-0.1, -0.05) is 18.2 Å². The monoisotopic (exact) mass is 347 g/mol. The third-order valence-corrected chi connectivity index (χ3v) is 3.35. The molecule has 2 rings (SSSR count). The number of ether oxygens (including phenoxy) is 1. The van der Waals surface area contributed by atoms with Crippen LogP contribution in [-0.4, -0.2) is 63.4 Å². The van der Waals surface area contributed by atoms with Crippen LogP contribution in [0.15, 0.2) is 41.2 Å². The van der Waals surface area contributed by atoms with Crippen molar-refractivity contribution >= 4 is 5.91 Å². The molecule has 8 heteroatoms. The summed E-state index contributed by atoms with van der Waals surface area (Å²) in [7, 11) is 0. The van der Waals surface area contributed by atoms with Crippen LogP contribution in [0, 0.1) is 6.92 Å². The van der Waals surface area contributed by atoms with E-state index in [-0.39, 0.29) is 32.0 Å². The molecule has 25 heavy (non-hydrogen) atoms. The van der Waals surface area contributed by atoms with Gasteiger partial charge in [-0.15, -0.1) is 0 Å². The summed E-state index contributed by atoms with van der Waals surface area (Å²) in [5.41, 5.74) is -0.473. The molecule has 0 aliphatic heterocycles. The van der Waals surface area contributed by atoms with Crippen LogP contribution in [0.4, 0.5) is 0 Å². The van der Waals surface area contributed by atoms with Crippen LogP contribution in [0.3, 0.4) is 0 Å². The molecule has 0 spiro atoms. The summed E-state index contributed by atoms with van der Waals surface area (Å²) in [6.45, 7) is 1.23. The molecule has 1 aromatic heterocycles. The summed E-state index contributed by atoms with van der Waals surface area (Å²) in [6, 6.07) is 10.1. The van der Waals surface area contributed by atoms with Crippen LogP contribution in [0.2, 0.25) is 0 Å². The van der Waals surface area contributed by atoms with Crippen LogP contribution in [0.1, 0.15) is 16.3 Å². The number of nitrogens with one attached hydrogen (secondary N) is 1. The molecule has 8 nitrogen and oxygen atoms in total. The number of nitrogens with zero attached hydrogens (tertiary/aromatic N) is 2. The van der Waals surface area contributed by atoms with Gasteiger partial charge in [0.1, 0.15) is 30.0 Å². The van der Waals surface area contributed by atoms with Gasteiger partial charge < -0.3 is 24.8 Å². The van der Waals surface area contributed by atoms with Gasteiger partial charge in [0.15, 0.2) is 0 Å². The van der Waals surface area contributed by atoms with Gasteiger partial charge in [-0.25, -0.2) is 4.98 Å². The number of benzene rings is 1. The highest BCUT2D eigenvalue weighted by molar-refractivity contribution is 5.92. The van der Waals surface area contributed by atoms with E-state index in [1.807, 2.05) is 18.2 Å². The number of aliphatic hydroxyl groups excluding tert-OH is 2. The van der Waals surface area contributed by atoms with Crippen molar-refractivity contribution in [1.29, 1.82) is 0 Å². The summed E-state index contributed by atoms with van der Waals surface area (Å²) < 4.78 is 5.45. The van der Waals surface area contributed by atoms with E-state index in [4.69, 9.17) is 9.84 Å². The lowest BCUT2D eigenvalue weighted by Crippen LogP contribution is -2.42. The molecule has 0 aliphatic rings. The van der Waals surface area contributed by atoms with Crippen molar-refractivity contribution < 1.29 is 19.7 Å². The number of H-pyrrole nitrogens is 1. The maximum atomic E-state index is 12.5. The van der Waals surface area contributed by atoms with Gasteiger partial charge in [0.05, 0.1) is 13.2 Å². The Labute approximate surface area is 144 Å². The van der Waals surface area contributed by atoms with E-state index in [9.17, 15) is 14.7 Å². The molecule has 1 aromatic carbocycles. The molecule has 1 atom stereocenters. The number of aliphatic hydroxyl groups is 2. The van der Waals surface area contributed by atoms with Crippen molar-refractivity contribution in [3.8, 4) is 5.75 Å². The molecule has 0 bridgehead atoms. The zero-order valence-corrected chi connectivity index (χ0v) is 13.9. The first-order valence-electron chi connectivity index (χ1n) is 7.83. The van der Waals surface area contributed by atoms with Crippen LogP contribution in [-0.2, 0) is 0 Å². The Morgan fingerprint density at radius 3 is 2.72 bits per heavy atom. The molecule has 3 N–H and O–H groups in total. The van der Waals surface area contributed by atoms with Gasteiger partial charge in [0.2, 0.25) is 0 Å². The van der Waals surface area contributed by atoms with Crippen molar-refractivity contribution in [3.63, 3.8) is 0 Å². The molecule has 2 aromatic rings. The number of hydrogen-bond donors (Lipinski definition) is 3. The first-order valence-corrected chi connectivity index (χ1v) is 7.83. The molecular weight excluding hydrogens is 326 g/mol. The summed E-state index contributed by atoms with van der Waals surface area (Å²) >= 11 is 0. The second-order valence-corrected chi connectivity index (χ2v) is 5.47. The lowest BCUT2D eigenvalue weighted by Gasteiger charge is -2.24. The van der Waals surface area contributed by atoms with E-state index >= 15 is 0 Å². The van der Waals surface area contributed by atoms with Gasteiger partial charge in [0, 0.05) is 12.6 Å². The quantitative estimate of drug-likeness (QED) is 0.617. The van der Waals surface area contributed by atoms with Crippen LogP contribution < -0.4 is 10.3 Å². The standard InChI is InChI=1S/C17H21N3O5/c1-12-18-15(9-16(23)19-12)17(24)20(7-8-21)10-13(22)11-25-14-5-3-2-4-6-14/h2-6,9,13,21-22H,7-8,10-11H2,1H3,(H,18,19,23). The van der Waals surface area contributed by atoms with Gasteiger partial charge in [-0.05, 0) is 19.1 Å². The molecule has 0 saturated heterocycles. The van der Waals surface area contributed by atoms with Crippen molar-refractivity contribution in [2.24, 2.45) is 0 Å². The Kier molecular flexibility index (Phi) is 6.67. The smallest absolute Gasteiger partial charge is 0.272 e. The maximum absolute atomic E-state index is 12.5. The van der Waals surface area contributed by atoms with Crippen molar-refractivity contribution in [2.75, 3.05) is 26.3 Å². The largest absolute Gasteiger partial charge is 0.491 e. The first-order chi connectivity index (χ1) is 12.0. The molecule has 0 fully saturated rings. The van der Waals surface area contributed by atoms with Crippen molar-refractivity contribution in [1.82, 2.24) is 14.9 Å². The number of para-hydroxylation sites is 1. The predicted octanol–water partition coefficient (Wildman–Crippen LogP) is -0.0473. The lowest BCUT2D eigenvalue weighted by molar-refractivity contribution is 0.0454. The number of aryl methyl sites for hydroxylation is 1. The molecular formula is C17H21N3O5. The minimum Gasteiger partial charge on any atom is -0.491 e. The minimum absolute atomic E-state index is 0.00869. The fraction of sp³-hybridized carbons (Fsp3) is 0.353. The van der Waals surface area contributed by atoms with E-state index < -0.39 is 17.6 Å². The van der Waals surface area contributed by atoms with Gasteiger partial charge in [-0.3, -0.25) is 9.59 Å². The Hall–Kier alpha value is -2.71. The fourth-order valence-electron chi connectivity index (χ4n) is 2.26. The Morgan fingerprint density at radius 1 is 1.36 bits per heavy atom. The summed E-state index contributed by atoms with van der Waals surface area (Å²) in [4.78, 5) is 31.7. The highest BCUT2D eigenvalue weighted by Crippen LogP contribution is 2.09. The molecule has 0 aliphatic carbocycles. The predicted molar refractivity (Wildman–Crippen MR) is 90.5 cm³/mol. The summed E-state index contributed by atoms with van der Waals surface area (Å²) in [5.74, 6) is 0.378. The molecule has 0 saturated carbocycles. The van der Waals surface area contributed by atoms with Gasteiger partial charge >= 0.3 is 0 Å². The summed E-state index contributed by atoms with van der Waals surface area (Å²) in [6.07, 6.45) is -0.959. The fourth-order valence-corrected chi connectivity index (χ4v) is 2.26. The third-order valence-electron chi connectivity index (χ3n) is 3.35. The molecule has 1 unspecified atom stereocenters. The average molecular weight is 347 g/mol. The van der Waals surface area contributed by atoms with Crippen molar-refractivity contribution in [3.05, 3.63) is 58.3 Å². The average Bonchev–Trinajstić information content (AvgIpc) is 2.59. The zero-order valence-electron chi connectivity index (χ0n) is 13.9. The topological polar surface area (TPSA) is 116 Å². The normalized spacial score (nSPS) is 11.8. The zero-order chi connectivity index (χ0) is 18.2. The second-order valence-electron chi connectivity index (χ2n) is 5.47. The highest BCUT2D eigenvalue weighted by Gasteiger charge is 2.21. The lowest BCUT2D eigenvalue weighted by atomic mass is 10.2. The first kappa shape index (κ1) is 18.6. The molecule has 0 radical (unpaired) electrons. The molecule has 1 amide bonds. The SMILES string of the molecule is Cc1nc(C(=O)N(CCO)CC(O)COc2ccccc2)cc(=O)[nH]1. The number of aromatic nitrogens is 2. The van der Waals surface area contributed by atoms with E-state index in [0.29, 0.717) is 11.6 Å². The Balaban J connectivity index is 2.01. The van der Waals surface area contributed by atoms with E-state index in [1.54, 1.807) is 19.1 Å². The Bertz CT molecular complexity index is 747. The number of carbonyl (C=O) groups excluding carboxylic acids is 1. The van der Waals surface area contributed by atoms with E-state index in [0.717, 1.165) is 6.07 Å². The van der Waals surface area contributed by atoms with Crippen LogP contribution in [0.5, 0.6) is 5.75 Å². The third kappa shape index (κ3) is 5.70. The number of carbonyl (C=O) groups is 1. The number of hydrogen-bond acceptors (Lipinski definition) is 6. The summed E-state index contributed by atoms with van der Waals surface area (Å²) in [5, 5.41) is 19.3. The van der Waals surface area contributed by atoms with Crippen LogP contribution >= 0.6 is 0 Å². The number of rotatable bonds is 8.